The van der Waals surface area contributed by atoms with Crippen molar-refractivity contribution >= 4 is 16.1 Å². The minimum absolute atomic E-state index is 0.0364. The largest absolute Gasteiger partial charge is 0.435 e. The number of hydrogen-bond donors (Lipinski definition) is 0. The van der Waals surface area contributed by atoms with Gasteiger partial charge in [-0.1, -0.05) is 34.1 Å². The Morgan fingerprint density at radius 2 is 1.88 bits per heavy atom. The van der Waals surface area contributed by atoms with E-state index in [0.29, 0.717) is 17.8 Å². The third-order valence-corrected chi connectivity index (χ3v) is 6.11. The molecular formula is C18H32O6S. The maximum absolute atomic E-state index is 11.8. The lowest BCUT2D eigenvalue weighted by atomic mass is 9.75. The molecule has 0 radical (unpaired) electrons. The smallest absolute Gasteiger partial charge is 0.308 e. The van der Waals surface area contributed by atoms with Crippen molar-refractivity contribution in [2.45, 2.75) is 65.8 Å². The van der Waals surface area contributed by atoms with Crippen LogP contribution in [0.2, 0.25) is 0 Å². The Morgan fingerprint density at radius 3 is 2.48 bits per heavy atom. The van der Waals surface area contributed by atoms with E-state index in [-0.39, 0.29) is 36.9 Å². The normalized spacial score (nSPS) is 35.0. The van der Waals surface area contributed by atoms with Crippen molar-refractivity contribution in [3.63, 3.8) is 0 Å². The van der Waals surface area contributed by atoms with Gasteiger partial charge in [-0.25, -0.2) is 0 Å². The molecule has 1 aliphatic heterocycles. The first kappa shape index (κ1) is 20.6. The van der Waals surface area contributed by atoms with Gasteiger partial charge in [-0.15, -0.1) is 0 Å². The van der Waals surface area contributed by atoms with Crippen molar-refractivity contribution < 1.29 is 26.9 Å². The molecule has 25 heavy (non-hydrogen) atoms. The molecule has 0 aromatic carbocycles. The van der Waals surface area contributed by atoms with Crippen LogP contribution in [0.3, 0.4) is 0 Å². The van der Waals surface area contributed by atoms with E-state index in [4.69, 9.17) is 13.7 Å². The first-order valence-corrected chi connectivity index (χ1v) is 11.1. The van der Waals surface area contributed by atoms with Gasteiger partial charge in [-0.2, -0.15) is 8.42 Å². The number of rotatable bonds is 7. The Morgan fingerprint density at radius 1 is 1.20 bits per heavy atom. The van der Waals surface area contributed by atoms with E-state index in [0.717, 1.165) is 19.1 Å². The van der Waals surface area contributed by atoms with E-state index in [1.807, 2.05) is 6.92 Å². The maximum atomic E-state index is 11.8. The van der Waals surface area contributed by atoms with Crippen molar-refractivity contribution in [2.24, 2.45) is 29.6 Å². The molecule has 0 aromatic rings. The molecule has 6 nitrogen and oxygen atoms in total. The fraction of sp³-hybridized carbons (Fsp3) is 0.944. The van der Waals surface area contributed by atoms with Gasteiger partial charge in [-0.3, -0.25) is 8.98 Å². The second kappa shape index (κ2) is 8.35. The van der Waals surface area contributed by atoms with Gasteiger partial charge in [0.25, 0.3) is 10.1 Å². The highest BCUT2D eigenvalue weighted by atomic mass is 32.2. The van der Waals surface area contributed by atoms with Crippen LogP contribution in [0.5, 0.6) is 0 Å². The van der Waals surface area contributed by atoms with Gasteiger partial charge in [0, 0.05) is 5.92 Å². The summed E-state index contributed by atoms with van der Waals surface area (Å²) < 4.78 is 39.0. The quantitative estimate of drug-likeness (QED) is 0.502. The van der Waals surface area contributed by atoms with Gasteiger partial charge >= 0.3 is 5.97 Å². The topological polar surface area (TPSA) is 78.9 Å². The van der Waals surface area contributed by atoms with E-state index in [9.17, 15) is 13.2 Å². The number of carbonyl (C=O) groups is 1. The van der Waals surface area contributed by atoms with Crippen LogP contribution in [0.15, 0.2) is 0 Å². The first-order chi connectivity index (χ1) is 11.6. The molecule has 0 aromatic heterocycles. The van der Waals surface area contributed by atoms with E-state index in [1.165, 1.54) is 6.42 Å². The molecule has 6 atom stereocenters. The lowest BCUT2D eigenvalue weighted by Gasteiger charge is -2.39. The van der Waals surface area contributed by atoms with Gasteiger partial charge in [0.05, 0.1) is 25.4 Å². The van der Waals surface area contributed by atoms with E-state index < -0.39 is 16.4 Å². The Kier molecular flexibility index (Phi) is 6.90. The van der Waals surface area contributed by atoms with Gasteiger partial charge in [0.2, 0.25) is 6.29 Å². The highest BCUT2D eigenvalue weighted by Gasteiger charge is 2.43. The SMILES string of the molecule is CC(COS(C)(=O)=O)[C@@H]1CC(=O)O[C@H]1O[C@@H]1C[C@H](C)CC[C@H]1C(C)C. The van der Waals surface area contributed by atoms with Gasteiger partial charge in [0.1, 0.15) is 0 Å². The average Bonchev–Trinajstić information content (AvgIpc) is 2.84. The van der Waals surface area contributed by atoms with Gasteiger partial charge in [0.15, 0.2) is 0 Å². The van der Waals surface area contributed by atoms with Gasteiger partial charge in [-0.05, 0) is 36.5 Å². The molecule has 1 saturated carbocycles. The second-order valence-corrected chi connectivity index (χ2v) is 9.84. The van der Waals surface area contributed by atoms with Crippen LogP contribution < -0.4 is 0 Å². The third kappa shape index (κ3) is 5.93. The summed E-state index contributed by atoms with van der Waals surface area (Å²) in [5.41, 5.74) is 0. The van der Waals surface area contributed by atoms with E-state index in [2.05, 4.69) is 20.8 Å². The molecule has 2 aliphatic rings. The number of carbonyl (C=O) groups excluding carboxylic acids is 1. The highest BCUT2D eigenvalue weighted by molar-refractivity contribution is 7.85. The van der Waals surface area contributed by atoms with E-state index >= 15 is 0 Å². The summed E-state index contributed by atoms with van der Waals surface area (Å²) >= 11 is 0. The molecule has 1 saturated heterocycles. The predicted molar refractivity (Wildman–Crippen MR) is 94.2 cm³/mol. The monoisotopic (exact) mass is 376 g/mol. The zero-order valence-corrected chi connectivity index (χ0v) is 16.8. The molecule has 0 spiro atoms. The van der Waals surface area contributed by atoms with Crippen molar-refractivity contribution in [3.05, 3.63) is 0 Å². The summed E-state index contributed by atoms with van der Waals surface area (Å²) in [6.45, 7) is 8.55. The minimum Gasteiger partial charge on any atom is -0.435 e. The van der Waals surface area contributed by atoms with Crippen LogP contribution in [0.25, 0.3) is 0 Å². The summed E-state index contributed by atoms with van der Waals surface area (Å²) in [6, 6.07) is 0. The zero-order chi connectivity index (χ0) is 18.8. The zero-order valence-electron chi connectivity index (χ0n) is 15.9. The van der Waals surface area contributed by atoms with Crippen molar-refractivity contribution in [3.8, 4) is 0 Å². The number of esters is 1. The van der Waals surface area contributed by atoms with Crippen molar-refractivity contribution in [1.29, 1.82) is 0 Å². The van der Waals surface area contributed by atoms with Crippen LogP contribution in [-0.4, -0.2) is 39.6 Å². The standard InChI is InChI=1S/C18H32O6S/c1-11(2)14-7-6-12(3)8-16(14)23-18-15(9-17(19)24-18)13(4)10-22-25(5,20)21/h11-16,18H,6-10H2,1-5H3/t12-,13?,14+,15+,16-,18-/m1/s1. The molecular weight excluding hydrogens is 344 g/mol. The fourth-order valence-corrected chi connectivity index (χ4v) is 4.41. The molecule has 1 aliphatic carbocycles. The summed E-state index contributed by atoms with van der Waals surface area (Å²) in [7, 11) is -3.50. The molecule has 0 bridgehead atoms. The van der Waals surface area contributed by atoms with Crippen LogP contribution in [0, 0.1) is 29.6 Å². The lowest BCUT2D eigenvalue weighted by Crippen LogP contribution is -2.39. The van der Waals surface area contributed by atoms with Crippen molar-refractivity contribution in [2.75, 3.05) is 12.9 Å². The summed E-state index contributed by atoms with van der Waals surface area (Å²) in [4.78, 5) is 11.8. The maximum Gasteiger partial charge on any atom is 0.308 e. The van der Waals surface area contributed by atoms with Crippen molar-refractivity contribution in [1.82, 2.24) is 0 Å². The fourth-order valence-electron chi connectivity index (χ4n) is 3.95. The lowest BCUT2D eigenvalue weighted by molar-refractivity contribution is -0.200. The van der Waals surface area contributed by atoms with E-state index in [1.54, 1.807) is 0 Å². The Hall–Kier alpha value is -0.660. The van der Waals surface area contributed by atoms with Crippen LogP contribution in [0.1, 0.15) is 53.4 Å². The molecule has 7 heteroatoms. The average molecular weight is 377 g/mol. The Bertz CT molecular complexity index is 558. The van der Waals surface area contributed by atoms with Crippen LogP contribution >= 0.6 is 0 Å². The first-order valence-electron chi connectivity index (χ1n) is 9.26. The molecule has 146 valence electrons. The molecule has 0 amide bonds. The molecule has 2 rings (SSSR count). The number of hydrogen-bond acceptors (Lipinski definition) is 6. The summed E-state index contributed by atoms with van der Waals surface area (Å²) in [5, 5.41) is 0. The Balaban J connectivity index is 2.03. The Labute approximate surface area is 151 Å². The molecule has 0 N–H and O–H groups in total. The number of ether oxygens (including phenoxy) is 2. The summed E-state index contributed by atoms with van der Waals surface area (Å²) in [6.07, 6.45) is 4.04. The second-order valence-electron chi connectivity index (χ2n) is 8.19. The molecule has 2 fully saturated rings. The van der Waals surface area contributed by atoms with Crippen LogP contribution in [0.4, 0.5) is 0 Å². The minimum atomic E-state index is -3.50. The number of cyclic esters (lactones) is 1. The van der Waals surface area contributed by atoms with Gasteiger partial charge < -0.3 is 9.47 Å². The summed E-state index contributed by atoms with van der Waals surface area (Å²) in [5.74, 6) is 0.953. The highest BCUT2D eigenvalue weighted by Crippen LogP contribution is 2.39. The molecule has 1 heterocycles. The third-order valence-electron chi connectivity index (χ3n) is 5.55. The molecule has 1 unspecified atom stereocenters. The predicted octanol–water partition coefficient (Wildman–Crippen LogP) is 2.97. The van der Waals surface area contributed by atoms with Crippen LogP contribution in [-0.2, 0) is 28.6 Å².